The van der Waals surface area contributed by atoms with E-state index in [0.29, 0.717) is 11.0 Å². The van der Waals surface area contributed by atoms with E-state index in [4.69, 9.17) is 10.00 Å². The molecule has 18 heavy (non-hydrogen) atoms. The van der Waals surface area contributed by atoms with Crippen LogP contribution in [0, 0.1) is 11.3 Å². The summed E-state index contributed by atoms with van der Waals surface area (Å²) in [5.41, 5.74) is -0.0833. The van der Waals surface area contributed by atoms with Gasteiger partial charge in [0.2, 0.25) is 5.13 Å². The molecule has 1 N–H and O–H groups in total. The lowest BCUT2D eigenvalue weighted by Crippen LogP contribution is -2.07. The third-order valence-corrected chi connectivity index (χ3v) is 3.34. The van der Waals surface area contributed by atoms with Crippen molar-refractivity contribution in [2.75, 3.05) is 11.9 Å². The molecular weight excluding hydrogens is 252 g/mol. The fraction of sp³-hybridized carbons (Fsp3) is 0.455. The highest BCUT2D eigenvalue weighted by molar-refractivity contribution is 7.15. The molecule has 0 aromatic carbocycles. The van der Waals surface area contributed by atoms with Crippen molar-refractivity contribution in [1.29, 1.82) is 5.26 Å². The Morgan fingerprint density at radius 1 is 1.67 bits per heavy atom. The molecule has 2 rings (SSSR count). The van der Waals surface area contributed by atoms with Crippen LogP contribution in [0.4, 0.5) is 5.13 Å². The topological polar surface area (TPSA) is 87.9 Å². The van der Waals surface area contributed by atoms with E-state index in [2.05, 4.69) is 15.5 Å². The number of hydrogen-bond donors (Lipinski definition) is 1. The first kappa shape index (κ1) is 12.5. The normalized spacial score (nSPS) is 15.0. The number of carbonyl (C=O) groups is 1. The maximum absolute atomic E-state index is 11.3. The van der Waals surface area contributed by atoms with Crippen LogP contribution in [0.25, 0.3) is 0 Å². The SMILES string of the molecule is CCOC(=O)/C(C#N)=C/Nc1nnc(C2CC2)s1. The van der Waals surface area contributed by atoms with Crippen LogP contribution in [-0.2, 0) is 9.53 Å². The van der Waals surface area contributed by atoms with Crippen LogP contribution in [0.1, 0.15) is 30.7 Å². The van der Waals surface area contributed by atoms with Gasteiger partial charge in [0.15, 0.2) is 5.57 Å². The Bertz CT molecular complexity index is 513. The number of esters is 1. The van der Waals surface area contributed by atoms with Crippen LogP contribution in [-0.4, -0.2) is 22.8 Å². The molecule has 1 aliphatic carbocycles. The Labute approximate surface area is 108 Å². The van der Waals surface area contributed by atoms with Gasteiger partial charge in [-0.2, -0.15) is 5.26 Å². The lowest BCUT2D eigenvalue weighted by atomic mass is 10.3. The Morgan fingerprint density at radius 3 is 3.06 bits per heavy atom. The molecule has 1 heterocycles. The third-order valence-electron chi connectivity index (χ3n) is 2.32. The molecule has 0 atom stereocenters. The predicted molar refractivity (Wildman–Crippen MR) is 65.8 cm³/mol. The second-order valence-corrected chi connectivity index (χ2v) is 4.76. The first-order valence-corrected chi connectivity index (χ1v) is 6.43. The fourth-order valence-corrected chi connectivity index (χ4v) is 2.15. The van der Waals surface area contributed by atoms with E-state index in [1.54, 1.807) is 13.0 Å². The highest BCUT2D eigenvalue weighted by atomic mass is 32.1. The van der Waals surface area contributed by atoms with Crippen molar-refractivity contribution < 1.29 is 9.53 Å². The number of aromatic nitrogens is 2. The smallest absolute Gasteiger partial charge is 0.350 e. The lowest BCUT2D eigenvalue weighted by molar-refractivity contribution is -0.138. The van der Waals surface area contributed by atoms with Crippen molar-refractivity contribution >= 4 is 22.4 Å². The highest BCUT2D eigenvalue weighted by Crippen LogP contribution is 2.42. The summed E-state index contributed by atoms with van der Waals surface area (Å²) in [6.07, 6.45) is 3.63. The molecule has 0 radical (unpaired) electrons. The molecule has 0 saturated heterocycles. The van der Waals surface area contributed by atoms with Gasteiger partial charge in [-0.3, -0.25) is 0 Å². The van der Waals surface area contributed by atoms with E-state index >= 15 is 0 Å². The average Bonchev–Trinajstić information content (AvgIpc) is 3.11. The zero-order chi connectivity index (χ0) is 13.0. The van der Waals surface area contributed by atoms with Gasteiger partial charge in [0.05, 0.1) is 6.61 Å². The summed E-state index contributed by atoms with van der Waals surface area (Å²) < 4.78 is 4.73. The molecule has 7 heteroatoms. The summed E-state index contributed by atoms with van der Waals surface area (Å²) in [6, 6.07) is 1.78. The number of anilines is 1. The minimum absolute atomic E-state index is 0.0833. The van der Waals surface area contributed by atoms with Gasteiger partial charge in [-0.25, -0.2) is 4.79 Å². The van der Waals surface area contributed by atoms with Gasteiger partial charge >= 0.3 is 5.97 Å². The molecule has 0 bridgehead atoms. The number of carbonyl (C=O) groups excluding carboxylic acids is 1. The van der Waals surface area contributed by atoms with Crippen LogP contribution in [0.5, 0.6) is 0 Å². The zero-order valence-corrected chi connectivity index (χ0v) is 10.7. The number of rotatable bonds is 5. The van der Waals surface area contributed by atoms with Gasteiger partial charge in [-0.15, -0.1) is 10.2 Å². The number of nitriles is 1. The predicted octanol–water partition coefficient (Wildman–Crippen LogP) is 1.80. The summed E-state index contributed by atoms with van der Waals surface area (Å²) in [6.45, 7) is 1.93. The van der Waals surface area contributed by atoms with Crippen LogP contribution in [0.2, 0.25) is 0 Å². The number of ether oxygens (including phenoxy) is 1. The highest BCUT2D eigenvalue weighted by Gasteiger charge is 2.27. The van der Waals surface area contributed by atoms with Crippen LogP contribution >= 0.6 is 11.3 Å². The molecule has 0 spiro atoms. The van der Waals surface area contributed by atoms with Crippen molar-refractivity contribution in [3.8, 4) is 6.07 Å². The molecule has 1 saturated carbocycles. The monoisotopic (exact) mass is 264 g/mol. The van der Waals surface area contributed by atoms with Gasteiger partial charge in [-0.1, -0.05) is 11.3 Å². The first-order chi connectivity index (χ1) is 8.74. The van der Waals surface area contributed by atoms with Crippen LogP contribution in [0.15, 0.2) is 11.8 Å². The van der Waals surface area contributed by atoms with Gasteiger partial charge < -0.3 is 10.1 Å². The standard InChI is InChI=1S/C11H12N4O2S/c1-2-17-10(16)8(5-12)6-13-11-15-14-9(18-11)7-3-4-7/h6-7H,2-4H2,1H3,(H,13,15)/b8-6+. The van der Waals surface area contributed by atoms with Crippen molar-refractivity contribution in [3.63, 3.8) is 0 Å². The Morgan fingerprint density at radius 2 is 2.44 bits per heavy atom. The number of nitrogens with one attached hydrogen (secondary N) is 1. The first-order valence-electron chi connectivity index (χ1n) is 5.62. The molecule has 1 aromatic heterocycles. The summed E-state index contributed by atoms with van der Waals surface area (Å²) in [5.74, 6) is -0.0954. The molecule has 1 fully saturated rings. The lowest BCUT2D eigenvalue weighted by Gasteiger charge is -1.99. The zero-order valence-electron chi connectivity index (χ0n) is 9.84. The molecule has 94 valence electrons. The van der Waals surface area contributed by atoms with Crippen molar-refractivity contribution in [2.24, 2.45) is 0 Å². The van der Waals surface area contributed by atoms with Gasteiger partial charge in [0.1, 0.15) is 11.1 Å². The second-order valence-electron chi connectivity index (χ2n) is 3.75. The van der Waals surface area contributed by atoms with E-state index in [1.807, 2.05) is 0 Å². The Kier molecular flexibility index (Phi) is 3.89. The molecular formula is C11H12N4O2S. The maximum atomic E-state index is 11.3. The maximum Gasteiger partial charge on any atom is 0.350 e. The molecule has 6 nitrogen and oxygen atoms in total. The van der Waals surface area contributed by atoms with Gasteiger partial charge in [0, 0.05) is 12.1 Å². The average molecular weight is 264 g/mol. The Hall–Kier alpha value is -1.94. The van der Waals surface area contributed by atoms with E-state index < -0.39 is 5.97 Å². The summed E-state index contributed by atoms with van der Waals surface area (Å²) in [7, 11) is 0. The summed E-state index contributed by atoms with van der Waals surface area (Å²) in [4.78, 5) is 11.3. The van der Waals surface area contributed by atoms with Crippen LogP contribution in [0.3, 0.4) is 0 Å². The van der Waals surface area contributed by atoms with Crippen molar-refractivity contribution in [1.82, 2.24) is 10.2 Å². The van der Waals surface area contributed by atoms with Crippen molar-refractivity contribution in [3.05, 3.63) is 16.8 Å². The molecule has 0 aliphatic heterocycles. The summed E-state index contributed by atoms with van der Waals surface area (Å²) >= 11 is 1.44. The van der Waals surface area contributed by atoms with Gasteiger partial charge in [-0.05, 0) is 19.8 Å². The Balaban J connectivity index is 1.98. The third kappa shape index (κ3) is 3.05. The second kappa shape index (κ2) is 5.60. The molecule has 1 aliphatic rings. The molecule has 0 unspecified atom stereocenters. The number of nitrogens with zero attached hydrogens (tertiary/aromatic N) is 3. The quantitative estimate of drug-likeness (QED) is 0.495. The van der Waals surface area contributed by atoms with E-state index in [1.165, 1.54) is 17.5 Å². The number of hydrogen-bond acceptors (Lipinski definition) is 7. The van der Waals surface area contributed by atoms with Crippen LogP contribution < -0.4 is 5.32 Å². The van der Waals surface area contributed by atoms with E-state index in [9.17, 15) is 4.79 Å². The minimum atomic E-state index is -0.639. The summed E-state index contributed by atoms with van der Waals surface area (Å²) in [5, 5.41) is 21.2. The minimum Gasteiger partial charge on any atom is -0.462 e. The molecule has 1 aromatic rings. The van der Waals surface area contributed by atoms with Gasteiger partial charge in [0.25, 0.3) is 0 Å². The fourth-order valence-electron chi connectivity index (χ4n) is 1.27. The van der Waals surface area contributed by atoms with E-state index in [-0.39, 0.29) is 12.2 Å². The largest absolute Gasteiger partial charge is 0.462 e. The van der Waals surface area contributed by atoms with Crippen molar-refractivity contribution in [2.45, 2.75) is 25.7 Å². The van der Waals surface area contributed by atoms with E-state index in [0.717, 1.165) is 17.8 Å². The molecule has 0 amide bonds.